The molecule has 0 saturated carbocycles. The normalized spacial score (nSPS) is 26.3. The van der Waals surface area contributed by atoms with Crippen LogP contribution in [0.5, 0.6) is 0 Å². The van der Waals surface area contributed by atoms with E-state index in [1.54, 1.807) is 0 Å². The van der Waals surface area contributed by atoms with Gasteiger partial charge in [-0.2, -0.15) is 0 Å². The predicted octanol–water partition coefficient (Wildman–Crippen LogP) is 0.836. The summed E-state index contributed by atoms with van der Waals surface area (Å²) in [5.74, 6) is 0. The Morgan fingerprint density at radius 2 is 2.67 bits per heavy atom. The Morgan fingerprint density at radius 3 is 3.11 bits per heavy atom. The number of nitrogens with one attached hydrogen (secondary N) is 1. The van der Waals surface area contributed by atoms with Crippen LogP contribution in [0.25, 0.3) is 0 Å². The van der Waals surface area contributed by atoms with E-state index < -0.39 is 0 Å². The average molecular weight is 143 g/mol. The lowest BCUT2D eigenvalue weighted by atomic mass is 10.3. The highest BCUT2D eigenvalue weighted by Gasteiger charge is 2.15. The molecule has 1 aliphatic heterocycles. The zero-order chi connectivity index (χ0) is 6.69. The van der Waals surface area contributed by atoms with E-state index in [9.17, 15) is 0 Å². The lowest BCUT2D eigenvalue weighted by Gasteiger charge is -1.98. The van der Waals surface area contributed by atoms with Crippen molar-refractivity contribution in [2.75, 3.05) is 6.54 Å². The van der Waals surface area contributed by atoms with Crippen LogP contribution in [0.3, 0.4) is 0 Å². The quantitative estimate of drug-likeness (QED) is 0.434. The van der Waals surface area contributed by atoms with Crippen LogP contribution in [0.1, 0.15) is 6.92 Å². The third kappa shape index (κ3) is 1.68. The van der Waals surface area contributed by atoms with E-state index in [0.29, 0.717) is 5.17 Å². The van der Waals surface area contributed by atoms with Crippen molar-refractivity contribution < 1.29 is 4.74 Å². The maximum absolute atomic E-state index is 5.14. The van der Waals surface area contributed by atoms with Gasteiger partial charge in [0.05, 0.1) is 6.54 Å². The van der Waals surface area contributed by atoms with E-state index in [1.807, 2.05) is 19.1 Å². The second-order valence-corrected chi connectivity index (χ2v) is 2.22. The lowest BCUT2D eigenvalue weighted by molar-refractivity contribution is 0.286. The molecule has 0 spiro atoms. The van der Waals surface area contributed by atoms with E-state index in [-0.39, 0.29) is 6.10 Å². The number of thiocarbonyl (C=S) groups is 1. The minimum Gasteiger partial charge on any atom is -0.462 e. The monoisotopic (exact) mass is 143 g/mol. The van der Waals surface area contributed by atoms with Crippen molar-refractivity contribution >= 4 is 17.4 Å². The van der Waals surface area contributed by atoms with Crippen LogP contribution >= 0.6 is 12.2 Å². The summed E-state index contributed by atoms with van der Waals surface area (Å²) in [6.07, 6.45) is 4.09. The van der Waals surface area contributed by atoms with Crippen LogP contribution < -0.4 is 5.32 Å². The molecule has 2 nitrogen and oxygen atoms in total. The summed E-state index contributed by atoms with van der Waals surface area (Å²) < 4.78 is 5.14. The Balaban J connectivity index is 2.39. The molecule has 0 aliphatic carbocycles. The number of hydrogen-bond donors (Lipinski definition) is 1. The molecule has 0 amide bonds. The van der Waals surface area contributed by atoms with Gasteiger partial charge < -0.3 is 10.1 Å². The molecule has 1 aliphatic rings. The smallest absolute Gasteiger partial charge is 0.257 e. The van der Waals surface area contributed by atoms with Gasteiger partial charge in [-0.15, -0.1) is 0 Å². The Labute approximate surface area is 59.9 Å². The molecule has 1 atom stereocenters. The summed E-state index contributed by atoms with van der Waals surface area (Å²) in [4.78, 5) is 0. The molecular weight excluding hydrogens is 134 g/mol. The van der Waals surface area contributed by atoms with Crippen LogP contribution in [0.2, 0.25) is 0 Å². The van der Waals surface area contributed by atoms with Crippen LogP contribution in [-0.2, 0) is 4.74 Å². The highest BCUT2D eigenvalue weighted by Crippen LogP contribution is 2.00. The second-order valence-electron chi connectivity index (χ2n) is 1.85. The van der Waals surface area contributed by atoms with Gasteiger partial charge in [-0.1, -0.05) is 6.08 Å². The van der Waals surface area contributed by atoms with Crippen LogP contribution in [0, 0.1) is 0 Å². The minimum atomic E-state index is 0.155. The maximum Gasteiger partial charge on any atom is 0.257 e. The van der Waals surface area contributed by atoms with Gasteiger partial charge in [-0.25, -0.2) is 0 Å². The molecule has 0 radical (unpaired) electrons. The molecule has 9 heavy (non-hydrogen) atoms. The molecule has 0 aromatic heterocycles. The van der Waals surface area contributed by atoms with Gasteiger partial charge in [-0.05, 0) is 25.2 Å². The van der Waals surface area contributed by atoms with Gasteiger partial charge in [0.25, 0.3) is 5.17 Å². The van der Waals surface area contributed by atoms with Crippen LogP contribution in [0.15, 0.2) is 12.2 Å². The summed E-state index contributed by atoms with van der Waals surface area (Å²) in [5, 5.41) is 3.42. The minimum absolute atomic E-state index is 0.155. The molecule has 0 aromatic carbocycles. The van der Waals surface area contributed by atoms with Crippen molar-refractivity contribution in [3.05, 3.63) is 12.2 Å². The zero-order valence-electron chi connectivity index (χ0n) is 5.26. The fourth-order valence-electron chi connectivity index (χ4n) is 0.727. The average Bonchev–Trinajstić information content (AvgIpc) is 2.17. The molecule has 1 rings (SSSR count). The molecule has 50 valence electrons. The number of hydrogen-bond acceptors (Lipinski definition) is 2. The van der Waals surface area contributed by atoms with Crippen molar-refractivity contribution in [1.82, 2.24) is 5.32 Å². The van der Waals surface area contributed by atoms with Gasteiger partial charge in [0.1, 0.15) is 6.10 Å². The van der Waals surface area contributed by atoms with Crippen LogP contribution in [0.4, 0.5) is 0 Å². The largest absolute Gasteiger partial charge is 0.462 e. The van der Waals surface area contributed by atoms with Crippen LogP contribution in [-0.4, -0.2) is 17.8 Å². The summed E-state index contributed by atoms with van der Waals surface area (Å²) in [5.41, 5.74) is 0. The molecule has 0 aromatic rings. The summed E-state index contributed by atoms with van der Waals surface area (Å²) in [6, 6.07) is 0. The van der Waals surface area contributed by atoms with E-state index in [0.717, 1.165) is 6.54 Å². The highest BCUT2D eigenvalue weighted by atomic mass is 32.1. The predicted molar refractivity (Wildman–Crippen MR) is 40.3 cm³/mol. The Bertz CT molecular complexity index is 144. The van der Waals surface area contributed by atoms with Gasteiger partial charge in [0, 0.05) is 0 Å². The topological polar surface area (TPSA) is 21.3 Å². The Kier molecular flexibility index (Phi) is 2.05. The van der Waals surface area contributed by atoms with Crippen molar-refractivity contribution in [1.29, 1.82) is 0 Å². The Hall–Kier alpha value is -0.570. The SMILES string of the molecule is C/C=C/C1CNC(=S)O1. The van der Waals surface area contributed by atoms with Crippen molar-refractivity contribution in [2.45, 2.75) is 13.0 Å². The summed E-state index contributed by atoms with van der Waals surface area (Å²) >= 11 is 4.74. The summed E-state index contributed by atoms with van der Waals surface area (Å²) in [7, 11) is 0. The molecular formula is C6H9NOS. The first-order valence-corrected chi connectivity index (χ1v) is 3.31. The zero-order valence-corrected chi connectivity index (χ0v) is 6.07. The lowest BCUT2D eigenvalue weighted by Crippen LogP contribution is -2.13. The number of ether oxygens (including phenoxy) is 1. The van der Waals surface area contributed by atoms with Crippen molar-refractivity contribution in [3.8, 4) is 0 Å². The third-order valence-electron chi connectivity index (χ3n) is 1.11. The first-order valence-electron chi connectivity index (χ1n) is 2.90. The fourth-order valence-corrected chi connectivity index (χ4v) is 0.934. The number of rotatable bonds is 1. The van der Waals surface area contributed by atoms with Crippen molar-refractivity contribution in [3.63, 3.8) is 0 Å². The molecule has 1 N–H and O–H groups in total. The van der Waals surface area contributed by atoms with Crippen molar-refractivity contribution in [2.24, 2.45) is 0 Å². The van der Waals surface area contributed by atoms with Gasteiger partial charge in [0.15, 0.2) is 0 Å². The van der Waals surface area contributed by atoms with E-state index in [1.165, 1.54) is 0 Å². The second kappa shape index (κ2) is 2.82. The first-order chi connectivity index (χ1) is 4.33. The van der Waals surface area contributed by atoms with Gasteiger partial charge >= 0.3 is 0 Å². The molecule has 3 heteroatoms. The Morgan fingerprint density at radius 1 is 1.89 bits per heavy atom. The first kappa shape index (κ1) is 6.55. The van der Waals surface area contributed by atoms with E-state index in [4.69, 9.17) is 17.0 Å². The molecule has 1 fully saturated rings. The van der Waals surface area contributed by atoms with Gasteiger partial charge in [0.2, 0.25) is 0 Å². The molecule has 0 bridgehead atoms. The van der Waals surface area contributed by atoms with E-state index in [2.05, 4.69) is 5.32 Å². The fraction of sp³-hybridized carbons (Fsp3) is 0.500. The molecule has 1 unspecified atom stereocenters. The molecule has 1 heterocycles. The standard InChI is InChI=1S/C6H9NOS/c1-2-3-5-4-7-6(9)8-5/h2-3,5H,4H2,1H3,(H,7,9)/b3-2+. The third-order valence-corrected chi connectivity index (χ3v) is 1.35. The molecule has 1 saturated heterocycles. The van der Waals surface area contributed by atoms with E-state index >= 15 is 0 Å². The summed E-state index contributed by atoms with van der Waals surface area (Å²) in [6.45, 7) is 2.77. The van der Waals surface area contributed by atoms with Gasteiger partial charge in [-0.3, -0.25) is 0 Å². The maximum atomic E-state index is 5.14. The highest BCUT2D eigenvalue weighted by molar-refractivity contribution is 7.80. The number of allylic oxidation sites excluding steroid dienone is 1.